The molecule has 1 amide bonds. The van der Waals surface area contributed by atoms with Gasteiger partial charge in [0.2, 0.25) is 0 Å². The standard InChI is InChI=1S/C21H26N2O3.ClH/c1-13-3-7-19(14(2)9-13)25-12-18-6-8-20(26-18)21(24)23-17-10-15-4-5-16(11-17)22-15;/h3,6-9,15-17,22H,4-5,10-12H2,1-2H3,(H,23,24);1H. The van der Waals surface area contributed by atoms with Crippen molar-refractivity contribution in [3.8, 4) is 5.75 Å². The van der Waals surface area contributed by atoms with E-state index in [0.29, 0.717) is 30.2 Å². The maximum atomic E-state index is 12.5. The van der Waals surface area contributed by atoms with Gasteiger partial charge in [-0.1, -0.05) is 17.7 Å². The van der Waals surface area contributed by atoms with Crippen LogP contribution in [0.25, 0.3) is 0 Å². The lowest BCUT2D eigenvalue weighted by atomic mass is 10.00. The van der Waals surface area contributed by atoms with Crippen LogP contribution in [0.4, 0.5) is 0 Å². The number of halogens is 1. The van der Waals surface area contributed by atoms with Gasteiger partial charge < -0.3 is 19.8 Å². The molecule has 2 aliphatic rings. The largest absolute Gasteiger partial charge is 0.485 e. The predicted molar refractivity (Wildman–Crippen MR) is 107 cm³/mol. The molecule has 3 heterocycles. The van der Waals surface area contributed by atoms with E-state index in [1.54, 1.807) is 6.07 Å². The van der Waals surface area contributed by atoms with E-state index in [9.17, 15) is 4.79 Å². The number of benzene rings is 1. The average molecular weight is 391 g/mol. The number of ether oxygens (including phenoxy) is 1. The Balaban J connectivity index is 0.00000210. The zero-order chi connectivity index (χ0) is 18.1. The van der Waals surface area contributed by atoms with Crippen molar-refractivity contribution in [3.05, 3.63) is 53.0 Å². The van der Waals surface area contributed by atoms with E-state index < -0.39 is 0 Å². The number of carbonyl (C=O) groups excluding carboxylic acids is 1. The number of fused-ring (bicyclic) bond motifs is 2. The average Bonchev–Trinajstić information content (AvgIpc) is 3.21. The summed E-state index contributed by atoms with van der Waals surface area (Å²) in [5, 5.41) is 6.71. The number of nitrogens with one attached hydrogen (secondary N) is 2. The molecule has 4 rings (SSSR count). The smallest absolute Gasteiger partial charge is 0.287 e. The van der Waals surface area contributed by atoms with E-state index in [0.717, 1.165) is 24.2 Å². The highest BCUT2D eigenvalue weighted by atomic mass is 35.5. The highest BCUT2D eigenvalue weighted by molar-refractivity contribution is 5.91. The summed E-state index contributed by atoms with van der Waals surface area (Å²) in [6.07, 6.45) is 4.45. The van der Waals surface area contributed by atoms with Gasteiger partial charge >= 0.3 is 0 Å². The summed E-state index contributed by atoms with van der Waals surface area (Å²) in [6.45, 7) is 4.40. The van der Waals surface area contributed by atoms with Crippen LogP contribution in [0.5, 0.6) is 5.75 Å². The lowest BCUT2D eigenvalue weighted by Gasteiger charge is -2.29. The Bertz CT molecular complexity index is 792. The molecule has 0 saturated carbocycles. The van der Waals surface area contributed by atoms with Crippen LogP contribution >= 0.6 is 12.4 Å². The molecule has 1 aromatic carbocycles. The maximum absolute atomic E-state index is 12.5. The Kier molecular flexibility index (Phi) is 6.12. The molecule has 0 spiro atoms. The highest BCUT2D eigenvalue weighted by Crippen LogP contribution is 2.27. The second-order valence-corrected chi connectivity index (χ2v) is 7.60. The first-order valence-electron chi connectivity index (χ1n) is 9.42. The van der Waals surface area contributed by atoms with Gasteiger partial charge in [-0.15, -0.1) is 12.4 Å². The monoisotopic (exact) mass is 390 g/mol. The summed E-state index contributed by atoms with van der Waals surface area (Å²) in [4.78, 5) is 12.5. The number of hydrogen-bond acceptors (Lipinski definition) is 4. The highest BCUT2D eigenvalue weighted by Gasteiger charge is 2.34. The Morgan fingerprint density at radius 1 is 1.19 bits per heavy atom. The lowest BCUT2D eigenvalue weighted by molar-refractivity contribution is 0.0891. The molecule has 146 valence electrons. The second-order valence-electron chi connectivity index (χ2n) is 7.60. The van der Waals surface area contributed by atoms with Crippen molar-refractivity contribution in [2.75, 3.05) is 0 Å². The molecular formula is C21H27ClN2O3. The van der Waals surface area contributed by atoms with Crippen molar-refractivity contribution < 1.29 is 13.9 Å². The molecule has 27 heavy (non-hydrogen) atoms. The molecule has 2 fully saturated rings. The van der Waals surface area contributed by atoms with Gasteiger partial charge in [-0.05, 0) is 63.3 Å². The number of piperidine rings is 1. The molecule has 2 atom stereocenters. The molecule has 2 unspecified atom stereocenters. The number of rotatable bonds is 5. The third-order valence-electron chi connectivity index (χ3n) is 5.39. The number of aryl methyl sites for hydroxylation is 2. The molecular weight excluding hydrogens is 364 g/mol. The van der Waals surface area contributed by atoms with Crippen molar-refractivity contribution >= 4 is 18.3 Å². The second kappa shape index (κ2) is 8.36. The summed E-state index contributed by atoms with van der Waals surface area (Å²) >= 11 is 0. The fourth-order valence-electron chi connectivity index (χ4n) is 4.12. The van der Waals surface area contributed by atoms with E-state index in [-0.39, 0.29) is 24.4 Å². The van der Waals surface area contributed by atoms with Gasteiger partial charge in [0.05, 0.1) is 0 Å². The summed E-state index contributed by atoms with van der Waals surface area (Å²) in [7, 11) is 0. The van der Waals surface area contributed by atoms with Crippen LogP contribution in [-0.4, -0.2) is 24.0 Å². The SMILES string of the molecule is Cc1ccc(OCc2ccc(C(=O)NC3CC4CCC(C3)N4)o2)c(C)c1.Cl. The van der Waals surface area contributed by atoms with Gasteiger partial charge in [0.1, 0.15) is 18.1 Å². The van der Waals surface area contributed by atoms with Crippen LogP contribution in [0.3, 0.4) is 0 Å². The van der Waals surface area contributed by atoms with Gasteiger partial charge in [-0.3, -0.25) is 4.79 Å². The summed E-state index contributed by atoms with van der Waals surface area (Å²) < 4.78 is 11.5. The summed E-state index contributed by atoms with van der Waals surface area (Å²) in [6, 6.07) is 11.0. The fraction of sp³-hybridized carbons (Fsp3) is 0.476. The van der Waals surface area contributed by atoms with E-state index in [2.05, 4.69) is 23.6 Å². The molecule has 2 aliphatic heterocycles. The minimum atomic E-state index is -0.130. The Morgan fingerprint density at radius 2 is 1.93 bits per heavy atom. The zero-order valence-electron chi connectivity index (χ0n) is 15.8. The van der Waals surface area contributed by atoms with Crippen LogP contribution in [0.1, 0.15) is 53.1 Å². The fourth-order valence-corrected chi connectivity index (χ4v) is 4.12. The van der Waals surface area contributed by atoms with Crippen LogP contribution in [0.15, 0.2) is 34.7 Å². The van der Waals surface area contributed by atoms with Gasteiger partial charge in [-0.25, -0.2) is 0 Å². The number of amides is 1. The van der Waals surface area contributed by atoms with E-state index >= 15 is 0 Å². The molecule has 0 radical (unpaired) electrons. The Hall–Kier alpha value is -1.98. The Labute approximate surface area is 166 Å². The minimum absolute atomic E-state index is 0. The normalized spacial score (nSPS) is 23.6. The molecule has 2 N–H and O–H groups in total. The third kappa shape index (κ3) is 4.66. The minimum Gasteiger partial charge on any atom is -0.485 e. The Morgan fingerprint density at radius 3 is 2.63 bits per heavy atom. The summed E-state index contributed by atoms with van der Waals surface area (Å²) in [5.74, 6) is 1.72. The number of hydrogen-bond donors (Lipinski definition) is 2. The van der Waals surface area contributed by atoms with E-state index in [4.69, 9.17) is 9.15 Å². The van der Waals surface area contributed by atoms with Gasteiger partial charge in [0.25, 0.3) is 5.91 Å². The van der Waals surface area contributed by atoms with Crippen molar-refractivity contribution in [2.24, 2.45) is 0 Å². The van der Waals surface area contributed by atoms with Crippen molar-refractivity contribution in [2.45, 2.75) is 64.3 Å². The van der Waals surface area contributed by atoms with Gasteiger partial charge in [0, 0.05) is 18.1 Å². The van der Waals surface area contributed by atoms with Gasteiger partial charge in [-0.2, -0.15) is 0 Å². The van der Waals surface area contributed by atoms with E-state index in [1.165, 1.54) is 18.4 Å². The quantitative estimate of drug-likeness (QED) is 0.812. The zero-order valence-corrected chi connectivity index (χ0v) is 16.6. The van der Waals surface area contributed by atoms with Crippen LogP contribution in [0.2, 0.25) is 0 Å². The number of furan rings is 1. The van der Waals surface area contributed by atoms with Crippen molar-refractivity contribution in [3.63, 3.8) is 0 Å². The first-order valence-corrected chi connectivity index (χ1v) is 9.42. The molecule has 6 heteroatoms. The first-order chi connectivity index (χ1) is 12.6. The third-order valence-corrected chi connectivity index (χ3v) is 5.39. The van der Waals surface area contributed by atoms with Gasteiger partial charge in [0.15, 0.2) is 5.76 Å². The predicted octanol–water partition coefficient (Wildman–Crippen LogP) is 3.91. The van der Waals surface area contributed by atoms with E-state index in [1.807, 2.05) is 25.1 Å². The molecule has 0 aliphatic carbocycles. The topological polar surface area (TPSA) is 63.5 Å². The van der Waals surface area contributed by atoms with Crippen molar-refractivity contribution in [1.82, 2.24) is 10.6 Å². The summed E-state index contributed by atoms with van der Waals surface area (Å²) in [5.41, 5.74) is 2.30. The van der Waals surface area contributed by atoms with Crippen LogP contribution < -0.4 is 15.4 Å². The van der Waals surface area contributed by atoms with Crippen LogP contribution in [-0.2, 0) is 6.61 Å². The molecule has 2 bridgehead atoms. The lowest BCUT2D eigenvalue weighted by Crippen LogP contribution is -2.47. The molecule has 2 aromatic rings. The van der Waals surface area contributed by atoms with Crippen molar-refractivity contribution in [1.29, 1.82) is 0 Å². The first kappa shape index (κ1) is 19.8. The molecule has 5 nitrogen and oxygen atoms in total. The number of carbonyl (C=O) groups is 1. The molecule has 1 aromatic heterocycles. The maximum Gasteiger partial charge on any atom is 0.287 e. The molecule has 2 saturated heterocycles. The van der Waals surface area contributed by atoms with Crippen LogP contribution in [0, 0.1) is 13.8 Å².